The molecular weight excluding hydrogens is 432 g/mol. The van der Waals surface area contributed by atoms with Crippen LogP contribution in [0.15, 0.2) is 36.9 Å². The Labute approximate surface area is 189 Å². The minimum absolute atomic E-state index is 0.0937. The first-order chi connectivity index (χ1) is 15.3. The third-order valence-corrected chi connectivity index (χ3v) is 4.02. The van der Waals surface area contributed by atoms with Crippen LogP contribution in [0.1, 0.15) is 41.5 Å². The van der Waals surface area contributed by atoms with Gasteiger partial charge in [0.15, 0.2) is 11.5 Å². The monoisotopic (exact) mass is 456 g/mol. The van der Waals surface area contributed by atoms with Crippen LogP contribution in [0.5, 0.6) is 0 Å². The molecule has 2 aromatic heterocycles. The molecule has 0 aliphatic rings. The Hall–Kier alpha value is -4.09. The van der Waals surface area contributed by atoms with Gasteiger partial charge in [0.1, 0.15) is 29.4 Å². The molecular formula is C21H24N6O6. The number of rotatable bonds is 3. The zero-order valence-electron chi connectivity index (χ0n) is 19.1. The van der Waals surface area contributed by atoms with E-state index in [9.17, 15) is 19.7 Å². The molecule has 2 amide bonds. The number of benzene rings is 1. The van der Waals surface area contributed by atoms with Crippen LogP contribution in [0.25, 0.3) is 16.9 Å². The first-order valence-corrected chi connectivity index (χ1v) is 9.96. The molecule has 0 aliphatic heterocycles. The van der Waals surface area contributed by atoms with E-state index < -0.39 is 28.3 Å². The minimum Gasteiger partial charge on any atom is -0.443 e. The summed E-state index contributed by atoms with van der Waals surface area (Å²) in [6, 6.07) is 5.65. The Bertz CT molecular complexity index is 1180. The summed E-state index contributed by atoms with van der Waals surface area (Å²) in [5.74, 6) is -0.112. The fraction of sp³-hybridized carbons (Fsp3) is 0.381. The van der Waals surface area contributed by atoms with Crippen LogP contribution in [0.2, 0.25) is 0 Å². The summed E-state index contributed by atoms with van der Waals surface area (Å²) in [5, 5.41) is 11.0. The van der Waals surface area contributed by atoms with Crippen molar-refractivity contribution in [3.63, 3.8) is 0 Å². The number of imide groups is 1. The number of carbonyl (C=O) groups excluding carboxylic acids is 2. The van der Waals surface area contributed by atoms with Gasteiger partial charge in [0, 0.05) is 17.8 Å². The highest BCUT2D eigenvalue weighted by atomic mass is 16.6. The molecule has 12 nitrogen and oxygen atoms in total. The molecule has 0 spiro atoms. The number of hydrogen-bond acceptors (Lipinski definition) is 9. The van der Waals surface area contributed by atoms with Gasteiger partial charge in [-0.25, -0.2) is 24.5 Å². The van der Waals surface area contributed by atoms with E-state index in [2.05, 4.69) is 15.0 Å². The lowest BCUT2D eigenvalue weighted by molar-refractivity contribution is -0.384. The Morgan fingerprint density at radius 2 is 1.48 bits per heavy atom. The molecule has 0 bridgehead atoms. The van der Waals surface area contributed by atoms with Crippen LogP contribution < -0.4 is 4.90 Å². The normalized spacial score (nSPS) is 11.8. The molecule has 1 aromatic carbocycles. The number of aromatic nitrogens is 4. The van der Waals surface area contributed by atoms with Crippen LogP contribution >= 0.6 is 0 Å². The number of amides is 2. The average molecular weight is 456 g/mol. The van der Waals surface area contributed by atoms with Gasteiger partial charge in [-0.1, -0.05) is 0 Å². The Morgan fingerprint density at radius 1 is 0.939 bits per heavy atom. The van der Waals surface area contributed by atoms with Crippen molar-refractivity contribution in [1.29, 1.82) is 0 Å². The highest BCUT2D eigenvalue weighted by Crippen LogP contribution is 2.29. The lowest BCUT2D eigenvalue weighted by Gasteiger charge is -2.28. The third-order valence-electron chi connectivity index (χ3n) is 4.02. The van der Waals surface area contributed by atoms with Crippen molar-refractivity contribution in [3.8, 4) is 5.69 Å². The van der Waals surface area contributed by atoms with Gasteiger partial charge in [-0.2, -0.15) is 4.90 Å². The number of imidazole rings is 1. The van der Waals surface area contributed by atoms with Crippen LogP contribution in [0, 0.1) is 10.1 Å². The van der Waals surface area contributed by atoms with Gasteiger partial charge in [0.25, 0.3) is 5.69 Å². The van der Waals surface area contributed by atoms with Crippen molar-refractivity contribution in [2.75, 3.05) is 4.90 Å². The zero-order valence-corrected chi connectivity index (χ0v) is 19.1. The van der Waals surface area contributed by atoms with E-state index in [1.165, 1.54) is 35.2 Å². The van der Waals surface area contributed by atoms with E-state index in [0.717, 1.165) is 6.33 Å². The second-order valence-electron chi connectivity index (χ2n) is 9.05. The fourth-order valence-electron chi connectivity index (χ4n) is 2.80. The number of fused-ring (bicyclic) bond motifs is 1. The summed E-state index contributed by atoms with van der Waals surface area (Å²) in [4.78, 5) is 49.7. The van der Waals surface area contributed by atoms with Crippen molar-refractivity contribution >= 4 is 34.9 Å². The molecule has 2 heterocycles. The van der Waals surface area contributed by atoms with Gasteiger partial charge in [-0.05, 0) is 53.7 Å². The molecule has 174 valence electrons. The maximum Gasteiger partial charge on any atom is 0.425 e. The standard InChI is InChI=1S/C21H24N6O6/c1-20(2,3)32-18(28)26(19(29)33-21(4,5)6)17-15-16(22-11-23-17)24-12-25(15)13-7-9-14(10-8-13)27(30)31/h7-12H,1-6H3. The summed E-state index contributed by atoms with van der Waals surface area (Å²) >= 11 is 0. The molecule has 0 N–H and O–H groups in total. The highest BCUT2D eigenvalue weighted by Gasteiger charge is 2.35. The van der Waals surface area contributed by atoms with Crippen LogP contribution in [0.3, 0.4) is 0 Å². The van der Waals surface area contributed by atoms with Gasteiger partial charge in [-0.3, -0.25) is 14.7 Å². The molecule has 0 unspecified atom stereocenters. The highest BCUT2D eigenvalue weighted by molar-refractivity contribution is 6.12. The molecule has 3 rings (SSSR count). The van der Waals surface area contributed by atoms with E-state index in [0.29, 0.717) is 10.6 Å². The maximum atomic E-state index is 13.1. The molecule has 33 heavy (non-hydrogen) atoms. The van der Waals surface area contributed by atoms with Gasteiger partial charge in [0.2, 0.25) is 0 Å². The van der Waals surface area contributed by atoms with Crippen molar-refractivity contribution < 1.29 is 24.0 Å². The molecule has 0 radical (unpaired) electrons. The molecule has 12 heteroatoms. The number of ether oxygens (including phenoxy) is 2. The van der Waals surface area contributed by atoms with Crippen LogP contribution in [-0.4, -0.2) is 47.8 Å². The quantitative estimate of drug-likeness (QED) is 0.414. The Balaban J connectivity index is 2.18. The number of hydrogen-bond donors (Lipinski definition) is 0. The van der Waals surface area contributed by atoms with Crippen LogP contribution in [0.4, 0.5) is 21.1 Å². The topological polar surface area (TPSA) is 143 Å². The number of carbonyl (C=O) groups is 2. The molecule has 0 aliphatic carbocycles. The Morgan fingerprint density at radius 3 is 1.97 bits per heavy atom. The predicted octanol–water partition coefficient (Wildman–Crippen LogP) is 4.40. The largest absolute Gasteiger partial charge is 0.443 e. The van der Waals surface area contributed by atoms with Crippen molar-refractivity contribution in [3.05, 3.63) is 47.0 Å². The summed E-state index contributed by atoms with van der Waals surface area (Å²) < 4.78 is 12.4. The second-order valence-corrected chi connectivity index (χ2v) is 9.05. The number of anilines is 1. The summed E-state index contributed by atoms with van der Waals surface area (Å²) in [6.45, 7) is 9.97. The van der Waals surface area contributed by atoms with Gasteiger partial charge < -0.3 is 9.47 Å². The smallest absolute Gasteiger partial charge is 0.425 e. The molecule has 3 aromatic rings. The second kappa shape index (κ2) is 8.45. The number of nitro groups is 1. The zero-order chi connectivity index (χ0) is 24.6. The molecule has 0 fully saturated rings. The van der Waals surface area contributed by atoms with E-state index >= 15 is 0 Å². The lowest BCUT2D eigenvalue weighted by atomic mass is 10.2. The number of non-ortho nitro benzene ring substituents is 1. The maximum absolute atomic E-state index is 13.1. The van der Waals surface area contributed by atoms with Gasteiger partial charge >= 0.3 is 12.2 Å². The first-order valence-electron chi connectivity index (χ1n) is 9.96. The van der Waals surface area contributed by atoms with Crippen molar-refractivity contribution in [2.24, 2.45) is 0 Å². The summed E-state index contributed by atoms with van der Waals surface area (Å²) in [7, 11) is 0. The first kappa shape index (κ1) is 23.6. The molecule has 0 saturated carbocycles. The van der Waals surface area contributed by atoms with E-state index in [1.54, 1.807) is 41.5 Å². The minimum atomic E-state index is -0.992. The number of nitrogens with zero attached hydrogens (tertiary/aromatic N) is 6. The average Bonchev–Trinajstić information content (AvgIpc) is 3.10. The summed E-state index contributed by atoms with van der Waals surface area (Å²) in [5.41, 5.74) is -1.01. The van der Waals surface area contributed by atoms with Crippen molar-refractivity contribution in [1.82, 2.24) is 19.5 Å². The molecule has 0 saturated heterocycles. The predicted molar refractivity (Wildman–Crippen MR) is 118 cm³/mol. The summed E-state index contributed by atoms with van der Waals surface area (Å²) in [6.07, 6.45) is 0.584. The Kier molecular flexibility index (Phi) is 6.03. The SMILES string of the molecule is CC(C)(C)OC(=O)N(C(=O)OC(C)(C)C)c1ncnc2ncn(-c3ccc([N+](=O)[O-])cc3)c12. The van der Waals surface area contributed by atoms with Crippen LogP contribution in [-0.2, 0) is 9.47 Å². The van der Waals surface area contributed by atoms with E-state index in [-0.39, 0.29) is 22.7 Å². The van der Waals surface area contributed by atoms with Crippen molar-refractivity contribution in [2.45, 2.75) is 52.7 Å². The van der Waals surface area contributed by atoms with Gasteiger partial charge in [-0.15, -0.1) is 0 Å². The lowest BCUT2D eigenvalue weighted by Crippen LogP contribution is -2.44. The van der Waals surface area contributed by atoms with E-state index in [1.807, 2.05) is 0 Å². The fourth-order valence-corrected chi connectivity index (χ4v) is 2.80. The van der Waals surface area contributed by atoms with E-state index in [4.69, 9.17) is 9.47 Å². The third kappa shape index (κ3) is 5.40. The number of nitro benzene ring substituents is 1. The molecule has 0 atom stereocenters. The van der Waals surface area contributed by atoms with Gasteiger partial charge in [0.05, 0.1) is 4.92 Å².